The molecule has 1 amide bonds. The lowest BCUT2D eigenvalue weighted by molar-refractivity contribution is -0.118. The molecular weight excluding hydrogens is 428 g/mol. The van der Waals surface area contributed by atoms with Crippen LogP contribution in [0.2, 0.25) is 5.02 Å². The second kappa shape index (κ2) is 9.37. The summed E-state index contributed by atoms with van der Waals surface area (Å²) in [6, 6.07) is 21.5. The van der Waals surface area contributed by atoms with Gasteiger partial charge in [-0.2, -0.15) is 5.10 Å². The van der Waals surface area contributed by atoms with Gasteiger partial charge in [-0.1, -0.05) is 41.9 Å². The lowest BCUT2D eigenvalue weighted by Crippen LogP contribution is -2.19. The Bertz CT molecular complexity index is 1270. The van der Waals surface area contributed by atoms with Crippen LogP contribution in [0, 0.1) is 0 Å². The van der Waals surface area contributed by atoms with Crippen LogP contribution < -0.4 is 10.3 Å². The van der Waals surface area contributed by atoms with Crippen molar-refractivity contribution >= 4 is 63.0 Å². The number of para-hydroxylation sites is 1. The molecule has 0 aliphatic carbocycles. The molecule has 0 radical (unpaired) electrons. The highest BCUT2D eigenvalue weighted by molar-refractivity contribution is 8.00. The molecule has 1 N–H and O–H groups in total. The molecule has 4 rings (SSSR count). The number of halogens is 1. The number of pyridine rings is 1. The van der Waals surface area contributed by atoms with Crippen molar-refractivity contribution in [2.75, 3.05) is 24.7 Å². The number of anilines is 1. The number of thioether (sulfide) groups is 1. The van der Waals surface area contributed by atoms with Gasteiger partial charge in [0.15, 0.2) is 0 Å². The molecule has 156 valence electrons. The molecule has 0 atom stereocenters. The fourth-order valence-electron chi connectivity index (χ4n) is 3.19. The molecule has 0 fully saturated rings. The standard InChI is InChI=1S/C24H21ClN4OS/c1-29(2)18-10-7-16(8-11-18)14-26-28-23(30)15-31-24-19-5-3-4-6-21(19)27-22-12-9-17(25)13-20(22)24/h3-14H,15H2,1-2H3,(H,28,30)/b26-14+. The largest absolute Gasteiger partial charge is 0.378 e. The summed E-state index contributed by atoms with van der Waals surface area (Å²) in [7, 11) is 3.98. The van der Waals surface area contributed by atoms with Crippen LogP contribution in [0.15, 0.2) is 76.7 Å². The van der Waals surface area contributed by atoms with Gasteiger partial charge in [0.2, 0.25) is 5.91 Å². The number of carbonyl (C=O) groups is 1. The topological polar surface area (TPSA) is 57.6 Å². The Hall–Kier alpha value is -3.09. The van der Waals surface area contributed by atoms with E-state index in [1.165, 1.54) is 11.8 Å². The van der Waals surface area contributed by atoms with Crippen LogP contribution in [0.1, 0.15) is 5.56 Å². The van der Waals surface area contributed by atoms with E-state index in [9.17, 15) is 4.79 Å². The third kappa shape index (κ3) is 4.98. The Kier molecular flexibility index (Phi) is 6.39. The molecule has 3 aromatic carbocycles. The average Bonchev–Trinajstić information content (AvgIpc) is 2.77. The first-order chi connectivity index (χ1) is 15.0. The number of nitrogens with one attached hydrogen (secondary N) is 1. The Morgan fingerprint density at radius 1 is 1.06 bits per heavy atom. The summed E-state index contributed by atoms with van der Waals surface area (Å²) >= 11 is 7.68. The first-order valence-corrected chi connectivity index (χ1v) is 11.1. The van der Waals surface area contributed by atoms with Crippen molar-refractivity contribution in [3.63, 3.8) is 0 Å². The molecule has 0 bridgehead atoms. The SMILES string of the molecule is CN(C)c1ccc(/C=N/NC(=O)CSc2c3ccccc3nc3ccc(Cl)cc23)cc1. The Morgan fingerprint density at radius 3 is 2.58 bits per heavy atom. The average molecular weight is 449 g/mol. The minimum absolute atomic E-state index is 0.178. The summed E-state index contributed by atoms with van der Waals surface area (Å²) in [5.74, 6) is 0.0502. The third-order valence-corrected chi connectivity index (χ3v) is 6.12. The number of nitrogens with zero attached hydrogens (tertiary/aromatic N) is 3. The van der Waals surface area contributed by atoms with Gasteiger partial charge >= 0.3 is 0 Å². The van der Waals surface area contributed by atoms with E-state index in [4.69, 9.17) is 16.6 Å². The van der Waals surface area contributed by atoms with Crippen molar-refractivity contribution in [2.24, 2.45) is 5.10 Å². The Balaban J connectivity index is 1.48. The number of aromatic nitrogens is 1. The van der Waals surface area contributed by atoms with E-state index in [1.54, 1.807) is 6.21 Å². The van der Waals surface area contributed by atoms with Crippen LogP contribution in [-0.2, 0) is 4.79 Å². The van der Waals surface area contributed by atoms with Crippen molar-refractivity contribution in [1.29, 1.82) is 0 Å². The summed E-state index contributed by atoms with van der Waals surface area (Å²) < 4.78 is 0. The van der Waals surface area contributed by atoms with Crippen LogP contribution >= 0.6 is 23.4 Å². The molecule has 31 heavy (non-hydrogen) atoms. The first-order valence-electron chi connectivity index (χ1n) is 9.71. The highest BCUT2D eigenvalue weighted by atomic mass is 35.5. The first kappa shape index (κ1) is 21.2. The van der Waals surface area contributed by atoms with Crippen LogP contribution in [0.5, 0.6) is 0 Å². The molecule has 0 spiro atoms. The molecule has 7 heteroatoms. The van der Waals surface area contributed by atoms with E-state index in [2.05, 4.69) is 10.5 Å². The lowest BCUT2D eigenvalue weighted by atomic mass is 10.1. The quantitative estimate of drug-likeness (QED) is 0.187. The maximum atomic E-state index is 12.4. The summed E-state index contributed by atoms with van der Waals surface area (Å²) in [6.45, 7) is 0. The molecule has 1 heterocycles. The maximum Gasteiger partial charge on any atom is 0.250 e. The summed E-state index contributed by atoms with van der Waals surface area (Å²) in [5, 5.41) is 6.66. The molecular formula is C24H21ClN4OS. The number of hydrogen-bond donors (Lipinski definition) is 1. The Labute approximate surface area is 190 Å². The molecule has 4 aromatic rings. The number of hydrazone groups is 1. The molecule has 0 aliphatic rings. The normalized spacial score (nSPS) is 11.3. The molecule has 0 unspecified atom stereocenters. The van der Waals surface area contributed by atoms with E-state index < -0.39 is 0 Å². The van der Waals surface area contributed by atoms with Gasteiger partial charge in [-0.25, -0.2) is 10.4 Å². The molecule has 0 saturated heterocycles. The monoisotopic (exact) mass is 448 g/mol. The highest BCUT2D eigenvalue weighted by Crippen LogP contribution is 2.35. The van der Waals surface area contributed by atoms with Gasteiger partial charge in [0.25, 0.3) is 0 Å². The van der Waals surface area contributed by atoms with Crippen LogP contribution in [0.4, 0.5) is 5.69 Å². The van der Waals surface area contributed by atoms with E-state index in [1.807, 2.05) is 85.7 Å². The van der Waals surface area contributed by atoms with E-state index >= 15 is 0 Å². The van der Waals surface area contributed by atoms with Gasteiger partial charge in [0.1, 0.15) is 0 Å². The highest BCUT2D eigenvalue weighted by Gasteiger charge is 2.12. The van der Waals surface area contributed by atoms with Crippen LogP contribution in [0.3, 0.4) is 0 Å². The maximum absolute atomic E-state index is 12.4. The van der Waals surface area contributed by atoms with Gasteiger partial charge in [-0.3, -0.25) is 4.79 Å². The predicted octanol–water partition coefficient (Wildman–Crippen LogP) is 5.35. The van der Waals surface area contributed by atoms with E-state index in [0.717, 1.165) is 38.0 Å². The molecule has 5 nitrogen and oxygen atoms in total. The lowest BCUT2D eigenvalue weighted by Gasteiger charge is -2.11. The van der Waals surface area contributed by atoms with E-state index in [0.29, 0.717) is 5.02 Å². The van der Waals surface area contributed by atoms with Crippen molar-refractivity contribution in [3.05, 3.63) is 77.3 Å². The van der Waals surface area contributed by atoms with Gasteiger partial charge in [-0.15, -0.1) is 11.8 Å². The fraction of sp³-hybridized carbons (Fsp3) is 0.125. The number of rotatable bonds is 6. The van der Waals surface area contributed by atoms with Gasteiger partial charge in [0, 0.05) is 40.5 Å². The summed E-state index contributed by atoms with van der Waals surface area (Å²) in [4.78, 5) is 20.1. The van der Waals surface area contributed by atoms with Crippen molar-refractivity contribution < 1.29 is 4.79 Å². The Morgan fingerprint density at radius 2 is 1.81 bits per heavy atom. The zero-order valence-corrected chi connectivity index (χ0v) is 18.7. The summed E-state index contributed by atoms with van der Waals surface area (Å²) in [6.07, 6.45) is 1.64. The number of hydrogen-bond acceptors (Lipinski definition) is 5. The van der Waals surface area contributed by atoms with Crippen LogP contribution in [-0.4, -0.2) is 37.0 Å². The van der Waals surface area contributed by atoms with Gasteiger partial charge < -0.3 is 4.90 Å². The second-order valence-electron chi connectivity index (χ2n) is 7.19. The van der Waals surface area contributed by atoms with Crippen molar-refractivity contribution in [1.82, 2.24) is 10.4 Å². The number of carbonyl (C=O) groups excluding carboxylic acids is 1. The minimum Gasteiger partial charge on any atom is -0.378 e. The van der Waals surface area contributed by atoms with Crippen molar-refractivity contribution in [2.45, 2.75) is 4.90 Å². The zero-order valence-electron chi connectivity index (χ0n) is 17.2. The number of amides is 1. The van der Waals surface area contributed by atoms with E-state index in [-0.39, 0.29) is 11.7 Å². The van der Waals surface area contributed by atoms with Crippen molar-refractivity contribution in [3.8, 4) is 0 Å². The third-order valence-electron chi connectivity index (χ3n) is 4.75. The minimum atomic E-state index is -0.178. The zero-order chi connectivity index (χ0) is 21.8. The van der Waals surface area contributed by atoms with Gasteiger partial charge in [-0.05, 0) is 42.0 Å². The van der Waals surface area contributed by atoms with Gasteiger partial charge in [0.05, 0.1) is 23.0 Å². The smallest absolute Gasteiger partial charge is 0.250 e. The van der Waals surface area contributed by atoms with Crippen LogP contribution in [0.25, 0.3) is 21.8 Å². The summed E-state index contributed by atoms with van der Waals surface area (Å²) in [5.41, 5.74) is 6.37. The molecule has 0 saturated carbocycles. The predicted molar refractivity (Wildman–Crippen MR) is 131 cm³/mol. The second-order valence-corrected chi connectivity index (χ2v) is 8.61. The number of fused-ring (bicyclic) bond motifs is 2. The molecule has 0 aliphatic heterocycles. The number of benzene rings is 3. The molecule has 1 aromatic heterocycles. The fourth-order valence-corrected chi connectivity index (χ4v) is 4.35.